The first-order chi connectivity index (χ1) is 11.9. The normalized spacial score (nSPS) is 17.3. The van der Waals surface area contributed by atoms with E-state index in [1.807, 2.05) is 19.9 Å². The fourth-order valence-electron chi connectivity index (χ4n) is 3.28. The van der Waals surface area contributed by atoms with E-state index in [0.29, 0.717) is 5.92 Å². The summed E-state index contributed by atoms with van der Waals surface area (Å²) in [7, 11) is 0. The van der Waals surface area contributed by atoms with Gasteiger partial charge in [-0.2, -0.15) is 0 Å². The van der Waals surface area contributed by atoms with E-state index >= 15 is 0 Å². The Kier molecular flexibility index (Phi) is 6.93. The fraction of sp³-hybridized carbons (Fsp3) is 0.579. The number of benzene rings is 1. The van der Waals surface area contributed by atoms with Crippen LogP contribution >= 0.6 is 0 Å². The van der Waals surface area contributed by atoms with Gasteiger partial charge in [-0.25, -0.2) is 4.39 Å². The number of nitrogens with two attached hydrogens (primary N) is 1. The molecule has 25 heavy (non-hydrogen) atoms. The molecule has 2 rings (SSSR count). The summed E-state index contributed by atoms with van der Waals surface area (Å²) in [6, 6.07) is 5.48. The Labute approximate surface area is 148 Å². The molecule has 0 radical (unpaired) electrons. The molecule has 0 heterocycles. The maximum atomic E-state index is 13.6. The minimum Gasteiger partial charge on any atom is -0.347 e. The zero-order chi connectivity index (χ0) is 18.4. The van der Waals surface area contributed by atoms with Crippen molar-refractivity contribution in [1.82, 2.24) is 10.6 Å². The van der Waals surface area contributed by atoms with Crippen LogP contribution in [0.3, 0.4) is 0 Å². The quantitative estimate of drug-likeness (QED) is 0.706. The zero-order valence-corrected chi connectivity index (χ0v) is 14.9. The van der Waals surface area contributed by atoms with Gasteiger partial charge >= 0.3 is 0 Å². The second-order valence-electron chi connectivity index (χ2n) is 7.13. The average Bonchev–Trinajstić information content (AvgIpc) is 3.10. The van der Waals surface area contributed by atoms with Crippen LogP contribution in [0, 0.1) is 17.7 Å². The van der Waals surface area contributed by atoms with Crippen molar-refractivity contribution in [3.05, 3.63) is 35.6 Å². The Morgan fingerprint density at radius 3 is 2.56 bits per heavy atom. The van der Waals surface area contributed by atoms with Crippen molar-refractivity contribution in [2.45, 2.75) is 51.6 Å². The monoisotopic (exact) mass is 349 g/mol. The summed E-state index contributed by atoms with van der Waals surface area (Å²) in [4.78, 5) is 24.2. The van der Waals surface area contributed by atoms with Crippen molar-refractivity contribution in [3.8, 4) is 0 Å². The molecular formula is C19H28FN3O2. The summed E-state index contributed by atoms with van der Waals surface area (Å²) in [6.45, 7) is 3.58. The van der Waals surface area contributed by atoms with E-state index in [1.165, 1.54) is 12.1 Å². The Bertz CT molecular complexity index is 600. The van der Waals surface area contributed by atoms with E-state index in [-0.39, 0.29) is 36.1 Å². The van der Waals surface area contributed by atoms with Crippen LogP contribution in [0.25, 0.3) is 0 Å². The highest BCUT2D eigenvalue weighted by Gasteiger charge is 2.28. The Balaban J connectivity index is 1.99. The molecule has 1 unspecified atom stereocenters. The maximum Gasteiger partial charge on any atom is 0.239 e. The van der Waals surface area contributed by atoms with Crippen molar-refractivity contribution >= 4 is 11.8 Å². The van der Waals surface area contributed by atoms with Gasteiger partial charge in [-0.3, -0.25) is 9.59 Å². The highest BCUT2D eigenvalue weighted by molar-refractivity contribution is 5.87. The second kappa shape index (κ2) is 8.94. The van der Waals surface area contributed by atoms with Crippen LogP contribution in [0.2, 0.25) is 0 Å². The third kappa shape index (κ3) is 5.53. The van der Waals surface area contributed by atoms with Crippen molar-refractivity contribution in [3.63, 3.8) is 0 Å². The molecular weight excluding hydrogens is 321 g/mol. The van der Waals surface area contributed by atoms with Crippen LogP contribution < -0.4 is 16.4 Å². The number of nitrogens with one attached hydrogen (secondary N) is 2. The molecule has 1 aliphatic rings. The average molecular weight is 349 g/mol. The fourth-order valence-corrected chi connectivity index (χ4v) is 3.28. The van der Waals surface area contributed by atoms with E-state index in [0.717, 1.165) is 31.2 Å². The number of halogens is 1. The third-order valence-electron chi connectivity index (χ3n) is 4.84. The van der Waals surface area contributed by atoms with Gasteiger partial charge in [0.1, 0.15) is 5.82 Å². The Morgan fingerprint density at radius 2 is 1.96 bits per heavy atom. The van der Waals surface area contributed by atoms with Crippen LogP contribution in [-0.2, 0) is 9.59 Å². The number of rotatable bonds is 7. The SMILES string of the molecule is CC(C)[C@H](N)C(=O)NCC(=O)NC(c1cccc(F)c1)C1CCCC1. The molecule has 0 aliphatic heterocycles. The number of carbonyl (C=O) groups is 2. The summed E-state index contributed by atoms with van der Waals surface area (Å²) < 4.78 is 13.6. The predicted octanol–water partition coefficient (Wildman–Crippen LogP) is 2.27. The molecule has 1 aromatic carbocycles. The topological polar surface area (TPSA) is 84.2 Å². The maximum absolute atomic E-state index is 13.6. The van der Waals surface area contributed by atoms with Gasteiger partial charge in [0.15, 0.2) is 0 Å². The molecule has 6 heteroatoms. The largest absolute Gasteiger partial charge is 0.347 e. The molecule has 5 nitrogen and oxygen atoms in total. The molecule has 1 aromatic rings. The Hall–Kier alpha value is -1.95. The summed E-state index contributed by atoms with van der Waals surface area (Å²) in [6.07, 6.45) is 4.25. The minimum atomic E-state index is -0.637. The molecule has 0 bridgehead atoms. The van der Waals surface area contributed by atoms with Gasteiger partial charge in [0.25, 0.3) is 0 Å². The van der Waals surface area contributed by atoms with Crippen LogP contribution in [0.4, 0.5) is 4.39 Å². The lowest BCUT2D eigenvalue weighted by atomic mass is 9.91. The minimum absolute atomic E-state index is 0.00147. The van der Waals surface area contributed by atoms with E-state index < -0.39 is 6.04 Å². The molecule has 0 saturated heterocycles. The van der Waals surface area contributed by atoms with Crippen molar-refractivity contribution in [2.24, 2.45) is 17.6 Å². The van der Waals surface area contributed by atoms with Gasteiger partial charge in [0.2, 0.25) is 11.8 Å². The molecule has 138 valence electrons. The van der Waals surface area contributed by atoms with Crippen molar-refractivity contribution in [2.75, 3.05) is 6.54 Å². The molecule has 1 aliphatic carbocycles. The highest BCUT2D eigenvalue weighted by atomic mass is 19.1. The molecule has 4 N–H and O–H groups in total. The molecule has 0 spiro atoms. The summed E-state index contributed by atoms with van der Waals surface area (Å²) in [5, 5.41) is 5.54. The van der Waals surface area contributed by atoms with E-state index in [4.69, 9.17) is 5.73 Å². The number of hydrogen-bond donors (Lipinski definition) is 3. The van der Waals surface area contributed by atoms with Crippen molar-refractivity contribution in [1.29, 1.82) is 0 Å². The summed E-state index contributed by atoms with van der Waals surface area (Å²) in [5.41, 5.74) is 6.54. The van der Waals surface area contributed by atoms with Crippen LogP contribution in [-0.4, -0.2) is 24.4 Å². The summed E-state index contributed by atoms with van der Waals surface area (Å²) in [5.74, 6) is -0.647. The van der Waals surface area contributed by atoms with Gasteiger partial charge in [-0.1, -0.05) is 38.8 Å². The second-order valence-corrected chi connectivity index (χ2v) is 7.13. The van der Waals surface area contributed by atoms with Crippen LogP contribution in [0.15, 0.2) is 24.3 Å². The Morgan fingerprint density at radius 1 is 1.28 bits per heavy atom. The molecule has 0 aromatic heterocycles. The smallest absolute Gasteiger partial charge is 0.239 e. The lowest BCUT2D eigenvalue weighted by molar-refractivity contribution is -0.127. The predicted molar refractivity (Wildman–Crippen MR) is 95.1 cm³/mol. The number of hydrogen-bond acceptors (Lipinski definition) is 3. The molecule has 2 amide bonds. The van der Waals surface area contributed by atoms with Gasteiger partial charge in [0.05, 0.1) is 18.6 Å². The van der Waals surface area contributed by atoms with Crippen LogP contribution in [0.1, 0.15) is 51.1 Å². The lowest BCUT2D eigenvalue weighted by Gasteiger charge is -2.25. The standard InChI is InChI=1S/C19H28FN3O2/c1-12(2)17(21)19(25)22-11-16(24)23-18(13-6-3-4-7-13)14-8-5-9-15(20)10-14/h5,8-10,12-13,17-18H,3-4,6-7,11,21H2,1-2H3,(H,22,25)(H,23,24)/t17-,18?/m0/s1. The zero-order valence-electron chi connectivity index (χ0n) is 14.9. The molecule has 1 fully saturated rings. The molecule has 1 saturated carbocycles. The first-order valence-electron chi connectivity index (χ1n) is 8.96. The highest BCUT2D eigenvalue weighted by Crippen LogP contribution is 2.35. The lowest BCUT2D eigenvalue weighted by Crippen LogP contribution is -2.47. The van der Waals surface area contributed by atoms with Gasteiger partial charge in [-0.15, -0.1) is 0 Å². The third-order valence-corrected chi connectivity index (χ3v) is 4.84. The van der Waals surface area contributed by atoms with Gasteiger partial charge in [0, 0.05) is 0 Å². The van der Waals surface area contributed by atoms with E-state index in [2.05, 4.69) is 10.6 Å². The summed E-state index contributed by atoms with van der Waals surface area (Å²) >= 11 is 0. The molecule has 2 atom stereocenters. The van der Waals surface area contributed by atoms with E-state index in [9.17, 15) is 14.0 Å². The number of carbonyl (C=O) groups excluding carboxylic acids is 2. The van der Waals surface area contributed by atoms with Gasteiger partial charge in [-0.05, 0) is 42.4 Å². The van der Waals surface area contributed by atoms with Crippen LogP contribution in [0.5, 0.6) is 0 Å². The van der Waals surface area contributed by atoms with E-state index in [1.54, 1.807) is 6.07 Å². The van der Waals surface area contributed by atoms with Crippen molar-refractivity contribution < 1.29 is 14.0 Å². The first-order valence-corrected chi connectivity index (χ1v) is 8.96. The first kappa shape index (κ1) is 19.4. The van der Waals surface area contributed by atoms with Gasteiger partial charge < -0.3 is 16.4 Å². The number of amides is 2.